The molecule has 1 aliphatic rings. The van der Waals surface area contributed by atoms with Crippen molar-refractivity contribution in [2.45, 2.75) is 12.8 Å². The van der Waals surface area contributed by atoms with Gasteiger partial charge < -0.3 is 4.90 Å². The van der Waals surface area contributed by atoms with E-state index in [0.29, 0.717) is 0 Å². The van der Waals surface area contributed by atoms with Crippen molar-refractivity contribution in [1.82, 2.24) is 4.90 Å². The third kappa shape index (κ3) is 4.35. The van der Waals surface area contributed by atoms with Crippen LogP contribution in [0.3, 0.4) is 0 Å². The minimum Gasteiger partial charge on any atom is -0.302 e. The SMILES string of the molecule is PCCCCN1CCSCC1. The Hall–Kier alpha value is 0.740. The summed E-state index contributed by atoms with van der Waals surface area (Å²) in [7, 11) is 2.80. The van der Waals surface area contributed by atoms with Crippen LogP contribution < -0.4 is 0 Å². The number of nitrogens with zero attached hydrogens (tertiary/aromatic N) is 1. The zero-order valence-electron chi connectivity index (χ0n) is 7.09. The predicted molar refractivity (Wildman–Crippen MR) is 57.6 cm³/mol. The minimum absolute atomic E-state index is 1.27. The molecule has 3 heteroatoms. The summed E-state index contributed by atoms with van der Waals surface area (Å²) in [6.07, 6.45) is 4.02. The lowest BCUT2D eigenvalue weighted by Crippen LogP contribution is -2.33. The average molecular weight is 191 g/mol. The molecule has 0 aromatic rings. The molecule has 0 spiro atoms. The van der Waals surface area contributed by atoms with E-state index in [2.05, 4.69) is 25.9 Å². The predicted octanol–water partition coefficient (Wildman–Crippen LogP) is 1.69. The van der Waals surface area contributed by atoms with E-state index in [-0.39, 0.29) is 0 Å². The van der Waals surface area contributed by atoms with E-state index in [9.17, 15) is 0 Å². The summed E-state index contributed by atoms with van der Waals surface area (Å²) in [4.78, 5) is 2.59. The third-order valence-electron chi connectivity index (χ3n) is 2.03. The first-order chi connectivity index (χ1) is 5.43. The maximum atomic E-state index is 2.80. The van der Waals surface area contributed by atoms with Crippen molar-refractivity contribution < 1.29 is 0 Å². The van der Waals surface area contributed by atoms with E-state index in [1.165, 1.54) is 50.1 Å². The van der Waals surface area contributed by atoms with Gasteiger partial charge in [-0.25, -0.2) is 0 Å². The number of thioether (sulfide) groups is 1. The Balaban J connectivity index is 1.96. The van der Waals surface area contributed by atoms with E-state index in [4.69, 9.17) is 0 Å². The molecule has 1 aliphatic heterocycles. The van der Waals surface area contributed by atoms with Crippen LogP contribution in [0.1, 0.15) is 12.8 Å². The van der Waals surface area contributed by atoms with Crippen LogP contribution in [0, 0.1) is 0 Å². The molecular weight excluding hydrogens is 173 g/mol. The van der Waals surface area contributed by atoms with Gasteiger partial charge in [-0.1, -0.05) is 0 Å². The lowest BCUT2D eigenvalue weighted by atomic mass is 10.3. The van der Waals surface area contributed by atoms with Crippen molar-refractivity contribution in [2.75, 3.05) is 37.3 Å². The monoisotopic (exact) mass is 191 g/mol. The van der Waals surface area contributed by atoms with Gasteiger partial charge in [0.25, 0.3) is 0 Å². The zero-order chi connectivity index (χ0) is 7.94. The Morgan fingerprint density at radius 2 is 1.91 bits per heavy atom. The molecule has 1 heterocycles. The molecule has 1 nitrogen and oxygen atoms in total. The van der Waals surface area contributed by atoms with Crippen LogP contribution in [-0.2, 0) is 0 Å². The van der Waals surface area contributed by atoms with Gasteiger partial charge in [0, 0.05) is 24.6 Å². The van der Waals surface area contributed by atoms with Gasteiger partial charge in [0.2, 0.25) is 0 Å². The molecule has 0 aromatic carbocycles. The van der Waals surface area contributed by atoms with Crippen molar-refractivity contribution in [2.24, 2.45) is 0 Å². The lowest BCUT2D eigenvalue weighted by molar-refractivity contribution is 0.298. The molecule has 66 valence electrons. The molecule has 1 fully saturated rings. The summed E-state index contributed by atoms with van der Waals surface area (Å²) in [6.45, 7) is 3.97. The second-order valence-electron chi connectivity index (χ2n) is 2.95. The topological polar surface area (TPSA) is 3.24 Å². The maximum absolute atomic E-state index is 2.80. The first-order valence-corrected chi connectivity index (χ1v) is 6.41. The number of hydrogen-bond donors (Lipinski definition) is 0. The van der Waals surface area contributed by atoms with E-state index in [1.54, 1.807) is 0 Å². The summed E-state index contributed by atoms with van der Waals surface area (Å²) >= 11 is 2.09. The minimum atomic E-state index is 1.27. The van der Waals surface area contributed by atoms with Crippen molar-refractivity contribution in [1.29, 1.82) is 0 Å². The zero-order valence-corrected chi connectivity index (χ0v) is 9.06. The van der Waals surface area contributed by atoms with Crippen LogP contribution in [0.25, 0.3) is 0 Å². The molecular formula is C8H18NPS. The standard InChI is InChI=1S/C8H18NPS/c10-6-2-1-3-9-4-7-11-8-5-9/h1-8,10H2. The van der Waals surface area contributed by atoms with Gasteiger partial charge in [-0.2, -0.15) is 11.8 Å². The van der Waals surface area contributed by atoms with Crippen LogP contribution in [0.15, 0.2) is 0 Å². The molecule has 1 atom stereocenters. The highest BCUT2D eigenvalue weighted by atomic mass is 32.2. The van der Waals surface area contributed by atoms with Gasteiger partial charge in [0.15, 0.2) is 0 Å². The normalized spacial score (nSPS) is 20.5. The van der Waals surface area contributed by atoms with E-state index in [0.717, 1.165) is 0 Å². The Bertz CT molecular complexity index is 94.1. The average Bonchev–Trinajstić information content (AvgIpc) is 2.07. The molecule has 0 aliphatic carbocycles. The van der Waals surface area contributed by atoms with Crippen LogP contribution >= 0.6 is 21.0 Å². The fourth-order valence-corrected chi connectivity index (χ4v) is 2.57. The maximum Gasteiger partial charge on any atom is 0.00727 e. The quantitative estimate of drug-likeness (QED) is 0.491. The first-order valence-electron chi connectivity index (χ1n) is 4.43. The first kappa shape index (κ1) is 9.83. The third-order valence-corrected chi connectivity index (χ3v) is 3.38. The largest absolute Gasteiger partial charge is 0.302 e. The van der Waals surface area contributed by atoms with E-state index >= 15 is 0 Å². The van der Waals surface area contributed by atoms with Gasteiger partial charge in [-0.3, -0.25) is 0 Å². The Labute approximate surface area is 76.5 Å². The molecule has 0 saturated carbocycles. The van der Waals surface area contributed by atoms with Gasteiger partial charge in [0.05, 0.1) is 0 Å². The van der Waals surface area contributed by atoms with Crippen LogP contribution in [-0.4, -0.2) is 42.2 Å². The van der Waals surface area contributed by atoms with Gasteiger partial charge >= 0.3 is 0 Å². The molecule has 11 heavy (non-hydrogen) atoms. The Morgan fingerprint density at radius 1 is 1.18 bits per heavy atom. The highest BCUT2D eigenvalue weighted by Gasteiger charge is 2.08. The van der Waals surface area contributed by atoms with Crippen LogP contribution in [0.2, 0.25) is 0 Å². The summed E-state index contributed by atoms with van der Waals surface area (Å²) in [5, 5.41) is 0. The molecule has 0 amide bonds. The summed E-state index contributed by atoms with van der Waals surface area (Å²) < 4.78 is 0. The second-order valence-corrected chi connectivity index (χ2v) is 4.75. The van der Waals surface area contributed by atoms with Gasteiger partial charge in [-0.05, 0) is 25.5 Å². The Morgan fingerprint density at radius 3 is 2.55 bits per heavy atom. The number of unbranched alkanes of at least 4 members (excludes halogenated alkanes) is 1. The molecule has 1 unspecified atom stereocenters. The lowest BCUT2D eigenvalue weighted by Gasteiger charge is -2.25. The molecule has 1 rings (SSSR count). The smallest absolute Gasteiger partial charge is 0.00727 e. The fraction of sp³-hybridized carbons (Fsp3) is 1.00. The fourth-order valence-electron chi connectivity index (χ4n) is 1.30. The van der Waals surface area contributed by atoms with Crippen molar-refractivity contribution in [3.8, 4) is 0 Å². The van der Waals surface area contributed by atoms with Crippen molar-refractivity contribution >= 4 is 21.0 Å². The van der Waals surface area contributed by atoms with Crippen LogP contribution in [0.5, 0.6) is 0 Å². The highest BCUT2D eigenvalue weighted by Crippen LogP contribution is 2.09. The van der Waals surface area contributed by atoms with E-state index in [1.807, 2.05) is 0 Å². The van der Waals surface area contributed by atoms with E-state index < -0.39 is 0 Å². The summed E-state index contributed by atoms with van der Waals surface area (Å²) in [6, 6.07) is 0. The highest BCUT2D eigenvalue weighted by molar-refractivity contribution is 7.99. The molecule has 0 radical (unpaired) electrons. The van der Waals surface area contributed by atoms with Crippen molar-refractivity contribution in [3.63, 3.8) is 0 Å². The molecule has 0 bridgehead atoms. The Kier molecular flexibility index (Phi) is 5.61. The number of rotatable bonds is 4. The van der Waals surface area contributed by atoms with Gasteiger partial charge in [-0.15, -0.1) is 9.24 Å². The molecule has 0 aromatic heterocycles. The second kappa shape index (κ2) is 6.28. The van der Waals surface area contributed by atoms with Gasteiger partial charge in [0.1, 0.15) is 0 Å². The number of hydrogen-bond acceptors (Lipinski definition) is 2. The van der Waals surface area contributed by atoms with Crippen LogP contribution in [0.4, 0.5) is 0 Å². The molecule has 0 N–H and O–H groups in total. The molecule has 1 saturated heterocycles. The summed E-state index contributed by atoms with van der Waals surface area (Å²) in [5.74, 6) is 2.70. The summed E-state index contributed by atoms with van der Waals surface area (Å²) in [5.41, 5.74) is 0. The van der Waals surface area contributed by atoms with Crippen molar-refractivity contribution in [3.05, 3.63) is 0 Å².